The van der Waals surface area contributed by atoms with Crippen molar-refractivity contribution < 1.29 is 54.5 Å². The number of nitrogens with zero attached hydrogens (tertiary/aromatic N) is 2. The van der Waals surface area contributed by atoms with Gasteiger partial charge in [0.2, 0.25) is 20.5 Å². The maximum atomic E-state index is 10.7. The predicted octanol–water partition coefficient (Wildman–Crippen LogP) is 1.66. The summed E-state index contributed by atoms with van der Waals surface area (Å²) in [6.45, 7) is 7.29. The maximum absolute atomic E-state index is 10.7. The van der Waals surface area contributed by atoms with Gasteiger partial charge in [-0.25, -0.2) is 12.7 Å². The molecule has 2 N–H and O–H groups in total. The quantitative estimate of drug-likeness (QED) is 0.238. The summed E-state index contributed by atoms with van der Waals surface area (Å²) in [5, 5.41) is 11.3. The Morgan fingerprint density at radius 2 is 1.66 bits per heavy atom. The zero-order chi connectivity index (χ0) is 26.5. The van der Waals surface area contributed by atoms with Gasteiger partial charge < -0.3 is 10.4 Å². The number of likely N-dealkylation sites (N-methyl/N-ethyl adjacent to an activating group) is 3. The Hall–Kier alpha value is 2.27. The fourth-order valence-corrected chi connectivity index (χ4v) is 3.56. The number of nitrogens with one attached hydrogen (secondary N) is 1. The van der Waals surface area contributed by atoms with Crippen molar-refractivity contribution in [3.05, 3.63) is 0 Å². The summed E-state index contributed by atoms with van der Waals surface area (Å²) in [6.07, 6.45) is -0.282. The van der Waals surface area contributed by atoms with Crippen LogP contribution >= 0.6 is 58.6 Å². The molecule has 2 aliphatic rings. The number of rotatable bonds is 2. The summed E-state index contributed by atoms with van der Waals surface area (Å²) in [5.41, 5.74) is 0. The van der Waals surface area contributed by atoms with E-state index in [0.717, 1.165) is 6.54 Å². The Kier molecular flexibility index (Phi) is 34.1. The van der Waals surface area contributed by atoms with E-state index in [0.29, 0.717) is 13.1 Å². The van der Waals surface area contributed by atoms with Crippen molar-refractivity contribution in [1.29, 1.82) is 0 Å². The van der Waals surface area contributed by atoms with Gasteiger partial charge >= 0.3 is 34.5 Å². The van der Waals surface area contributed by atoms with Crippen molar-refractivity contribution in [3.8, 4) is 0 Å². The van der Waals surface area contributed by atoms with Crippen LogP contribution in [0.3, 0.4) is 0 Å². The molecule has 2 aliphatic heterocycles. The topological polar surface area (TPSA) is 160 Å². The van der Waals surface area contributed by atoms with E-state index < -0.39 is 47.8 Å². The number of hydrogen-bond acceptors (Lipinski definition) is 10. The summed E-state index contributed by atoms with van der Waals surface area (Å²) in [7, 11) is 9.11. The zero-order valence-corrected chi connectivity index (χ0v) is 28.1. The molecule has 0 aromatic carbocycles. The monoisotopic (exact) mass is 881 g/mol. The van der Waals surface area contributed by atoms with Gasteiger partial charge in [-0.2, -0.15) is 12.7 Å². The van der Waals surface area contributed by atoms with Crippen LogP contribution in [0.5, 0.6) is 0 Å². The molecule has 0 bridgehead atoms. The first-order chi connectivity index (χ1) is 14.6. The molecule has 0 aromatic heterocycles. The van der Waals surface area contributed by atoms with Crippen molar-refractivity contribution in [3.63, 3.8) is 0 Å². The van der Waals surface area contributed by atoms with Crippen LogP contribution in [0, 0.1) is 0 Å². The van der Waals surface area contributed by atoms with Crippen molar-refractivity contribution in [2.24, 2.45) is 0 Å². The number of hydrogen-bond donors (Lipinski definition) is 2. The molecule has 0 radical (unpaired) electrons. The molecule has 4 unspecified atom stereocenters. The van der Waals surface area contributed by atoms with E-state index >= 15 is 0 Å². The van der Waals surface area contributed by atoms with Crippen LogP contribution in [-0.4, -0.2) is 89.6 Å². The van der Waals surface area contributed by atoms with Crippen LogP contribution < -0.4 is 5.32 Å². The Labute approximate surface area is 235 Å². The molecule has 2 saturated heterocycles. The Morgan fingerprint density at radius 3 is 1.72 bits per heavy atom. The fraction of sp³-hybridized carbons (Fsp3) is 1.00. The van der Waals surface area contributed by atoms with E-state index in [4.69, 9.17) is 20.6 Å². The van der Waals surface area contributed by atoms with Crippen molar-refractivity contribution in [2.45, 2.75) is 39.1 Å². The second-order valence-corrected chi connectivity index (χ2v) is 11.5. The van der Waals surface area contributed by atoms with Gasteiger partial charge in [0.1, 0.15) is 0 Å². The van der Waals surface area contributed by atoms with E-state index in [9.17, 15) is 12.6 Å². The minimum absolute atomic E-state index is 0.126. The van der Waals surface area contributed by atoms with Gasteiger partial charge in [0.05, 0.1) is 18.3 Å². The van der Waals surface area contributed by atoms with E-state index in [1.807, 2.05) is 14.0 Å². The van der Waals surface area contributed by atoms with Crippen LogP contribution in [0.4, 0.5) is 0 Å². The SMILES string of the molecule is CC1CN(C)S(=O)(=O)O1.CC1CN(C)S(=O)O1.CNCC(C)O.II.O=S(Cl)Cl.[O]=[Ru]=[O]. The molecular formula is C12H29Cl2I2N3O9RuS3. The van der Waals surface area contributed by atoms with Crippen LogP contribution in [0.1, 0.15) is 20.8 Å². The molecule has 32 heavy (non-hydrogen) atoms. The predicted molar refractivity (Wildman–Crippen MR) is 138 cm³/mol. The summed E-state index contributed by atoms with van der Waals surface area (Å²) in [6, 6.07) is 0. The van der Waals surface area contributed by atoms with Crippen molar-refractivity contribution in [1.82, 2.24) is 13.9 Å². The standard InChI is InChI=1S/C4H9NO3S.C4H9NO2S.C4H11NO.Cl2OS.I2.2O.Ru/c1-4-3-5(2)9(6,7)8-4;1-4-3-5(2)8(6)7-4;1-4(6)3-5-2;1-4(2)3;1-2;;;/h4H,3H2,1-2H3;4H,3H2,1-2H3;4-6H,3H2,1-2H3;;;;;. The van der Waals surface area contributed by atoms with Gasteiger partial charge in [-0.3, -0.25) is 8.37 Å². The zero-order valence-electron chi connectivity index (χ0n) is 18.1. The molecule has 12 nitrogen and oxygen atoms in total. The number of aliphatic hydroxyl groups excluding tert-OH is 1. The third-order valence-corrected chi connectivity index (χ3v) is 5.33. The van der Waals surface area contributed by atoms with Gasteiger partial charge in [-0.15, -0.1) is 0 Å². The fourth-order valence-electron chi connectivity index (χ4n) is 1.73. The molecule has 0 aromatic rings. The minimum atomic E-state index is -3.34. The van der Waals surface area contributed by atoms with E-state index in [2.05, 4.69) is 68.1 Å². The number of halogens is 4. The Bertz CT molecular complexity index is 646. The molecule has 0 amide bonds. The Balaban J connectivity index is -0.000000158. The first-order valence-electron chi connectivity index (χ1n) is 8.17. The van der Waals surface area contributed by atoms with Crippen LogP contribution in [0.15, 0.2) is 0 Å². The molecule has 4 atom stereocenters. The van der Waals surface area contributed by atoms with Gasteiger partial charge in [0.15, 0.2) is 0 Å². The first kappa shape index (κ1) is 41.4. The molecule has 0 aliphatic carbocycles. The molecule has 0 saturated carbocycles. The molecule has 200 valence electrons. The molecular weight excluding hydrogens is 852 g/mol. The van der Waals surface area contributed by atoms with E-state index in [-0.39, 0.29) is 18.3 Å². The van der Waals surface area contributed by atoms with Crippen LogP contribution in [-0.2, 0) is 63.3 Å². The first-order valence-corrected chi connectivity index (χ1v) is 21.1. The van der Waals surface area contributed by atoms with Crippen molar-refractivity contribution in [2.75, 3.05) is 40.8 Å². The van der Waals surface area contributed by atoms with Gasteiger partial charge in [0, 0.05) is 92.3 Å². The average molecular weight is 881 g/mol. The van der Waals surface area contributed by atoms with Crippen molar-refractivity contribution >= 4 is 89.4 Å². The van der Waals surface area contributed by atoms with Gasteiger partial charge in [-0.05, 0) is 27.8 Å². The van der Waals surface area contributed by atoms with Gasteiger partial charge in [-0.1, -0.05) is 0 Å². The normalized spacial score (nSPS) is 24.6. The second kappa shape index (κ2) is 26.3. The third kappa shape index (κ3) is 30.3. The van der Waals surface area contributed by atoms with Crippen LogP contribution in [0.25, 0.3) is 0 Å². The molecule has 2 fully saturated rings. The molecule has 0 spiro atoms. The van der Waals surface area contributed by atoms with E-state index in [1.165, 1.54) is 11.4 Å². The molecule has 2 rings (SSSR count). The van der Waals surface area contributed by atoms with Crippen LogP contribution in [0.2, 0.25) is 0 Å². The summed E-state index contributed by atoms with van der Waals surface area (Å²) in [5.74, 6) is 0. The molecule has 2 heterocycles. The Morgan fingerprint density at radius 1 is 1.25 bits per heavy atom. The molecule has 20 heteroatoms. The summed E-state index contributed by atoms with van der Waals surface area (Å²) in [4.78, 5) is 0. The second-order valence-electron chi connectivity index (χ2n) is 5.73. The number of aliphatic hydroxyl groups is 1. The summed E-state index contributed by atoms with van der Waals surface area (Å²) < 4.78 is 70.3. The average Bonchev–Trinajstić information content (AvgIpc) is 3.05. The van der Waals surface area contributed by atoms with Gasteiger partial charge in [0.25, 0.3) is 0 Å². The third-order valence-electron chi connectivity index (χ3n) is 2.70. The van der Waals surface area contributed by atoms with E-state index in [1.54, 1.807) is 25.2 Å². The summed E-state index contributed by atoms with van der Waals surface area (Å²) >= 11 is 1.29.